The molecule has 0 spiro atoms. The molecule has 2 aromatic rings. The van der Waals surface area contributed by atoms with Crippen LogP contribution in [0.2, 0.25) is 0 Å². The molecule has 6 atom stereocenters. The predicted molar refractivity (Wildman–Crippen MR) is 114 cm³/mol. The molecule has 32 heavy (non-hydrogen) atoms. The second-order valence-corrected chi connectivity index (χ2v) is 8.89. The van der Waals surface area contributed by atoms with E-state index in [-0.39, 0.29) is 41.5 Å². The van der Waals surface area contributed by atoms with E-state index in [2.05, 4.69) is 17.3 Å². The lowest BCUT2D eigenvalue weighted by atomic mass is 9.63. The van der Waals surface area contributed by atoms with Crippen LogP contribution in [0, 0.1) is 35.5 Å². The van der Waals surface area contributed by atoms with Crippen molar-refractivity contribution < 1.29 is 23.5 Å². The van der Waals surface area contributed by atoms with E-state index < -0.39 is 0 Å². The number of imide groups is 1. The van der Waals surface area contributed by atoms with Crippen LogP contribution in [-0.2, 0) is 14.3 Å². The van der Waals surface area contributed by atoms with Crippen molar-refractivity contribution in [1.29, 1.82) is 0 Å². The molecule has 3 fully saturated rings. The van der Waals surface area contributed by atoms with Gasteiger partial charge >= 0.3 is 5.97 Å². The van der Waals surface area contributed by atoms with Crippen LogP contribution in [0.15, 0.2) is 58.1 Å². The third-order valence-corrected chi connectivity index (χ3v) is 7.25. The maximum atomic E-state index is 13.0. The van der Waals surface area contributed by atoms with Crippen LogP contribution in [0.1, 0.15) is 29.5 Å². The highest BCUT2D eigenvalue weighted by Crippen LogP contribution is 2.65. The minimum absolute atomic E-state index is 0.180. The topological polar surface area (TPSA) is 89.2 Å². The Morgan fingerprint density at radius 3 is 2.34 bits per heavy atom. The van der Waals surface area contributed by atoms with Gasteiger partial charge in [-0.05, 0) is 61.3 Å². The zero-order valence-electron chi connectivity index (χ0n) is 17.5. The van der Waals surface area contributed by atoms with Crippen LogP contribution < -0.4 is 0 Å². The zero-order chi connectivity index (χ0) is 22.0. The summed E-state index contributed by atoms with van der Waals surface area (Å²) in [6.45, 7) is 2.09. The van der Waals surface area contributed by atoms with Gasteiger partial charge in [-0.3, -0.25) is 9.59 Å². The first-order valence-corrected chi connectivity index (χ1v) is 11.0. The van der Waals surface area contributed by atoms with Gasteiger partial charge in [-0.15, -0.1) is 0 Å². The molecular formula is C25H22N2O5. The van der Waals surface area contributed by atoms with Crippen molar-refractivity contribution in [2.45, 2.75) is 13.3 Å². The third kappa shape index (κ3) is 2.80. The summed E-state index contributed by atoms with van der Waals surface area (Å²) < 4.78 is 10.8. The Morgan fingerprint density at radius 1 is 1.06 bits per heavy atom. The second-order valence-electron chi connectivity index (χ2n) is 8.89. The summed E-state index contributed by atoms with van der Waals surface area (Å²) in [6, 6.07) is 10.4. The number of benzene rings is 1. The Balaban J connectivity index is 1.18. The third-order valence-electron chi connectivity index (χ3n) is 7.25. The first kappa shape index (κ1) is 19.2. The van der Waals surface area contributed by atoms with Crippen molar-refractivity contribution in [3.63, 3.8) is 0 Å². The lowest BCUT2D eigenvalue weighted by molar-refractivity contribution is -0.140. The zero-order valence-corrected chi connectivity index (χ0v) is 17.5. The van der Waals surface area contributed by atoms with Gasteiger partial charge in [-0.25, -0.2) is 4.79 Å². The normalized spacial score (nSPS) is 31.8. The summed E-state index contributed by atoms with van der Waals surface area (Å²) >= 11 is 0. The fourth-order valence-electron chi connectivity index (χ4n) is 5.73. The summed E-state index contributed by atoms with van der Waals surface area (Å²) in [5, 5.41) is 5.25. The fraction of sp³-hybridized carbons (Fsp3) is 0.360. The van der Waals surface area contributed by atoms with E-state index in [1.54, 1.807) is 43.3 Å². The van der Waals surface area contributed by atoms with Crippen LogP contribution in [-0.4, -0.2) is 35.6 Å². The molecule has 0 N–H and O–H groups in total. The van der Waals surface area contributed by atoms with Crippen LogP contribution in [0.4, 0.5) is 0 Å². The summed E-state index contributed by atoms with van der Waals surface area (Å²) in [5.41, 5.74) is 1.26. The van der Waals surface area contributed by atoms with Crippen molar-refractivity contribution in [3.05, 3.63) is 59.9 Å². The molecule has 1 aromatic carbocycles. The fourth-order valence-corrected chi connectivity index (χ4v) is 5.73. The molecule has 7 rings (SSSR count). The number of furan rings is 1. The average molecular weight is 430 g/mol. The maximum absolute atomic E-state index is 13.0. The molecule has 1 aliphatic heterocycles. The number of hydrogen-bond donors (Lipinski definition) is 0. The smallest absolute Gasteiger partial charge is 0.338 e. The van der Waals surface area contributed by atoms with E-state index in [9.17, 15) is 14.4 Å². The first-order chi connectivity index (χ1) is 15.6. The number of rotatable bonds is 5. The minimum atomic E-state index is -0.368. The molecule has 6 unspecified atom stereocenters. The Bertz CT molecular complexity index is 1140. The van der Waals surface area contributed by atoms with E-state index >= 15 is 0 Å². The molecule has 1 aromatic heterocycles. The summed E-state index contributed by atoms with van der Waals surface area (Å²) in [6.07, 6.45) is 6.84. The average Bonchev–Trinajstić information content (AvgIpc) is 3.45. The van der Waals surface area contributed by atoms with Gasteiger partial charge in [0.1, 0.15) is 11.5 Å². The highest BCUT2D eigenvalue weighted by Gasteiger charge is 2.67. The van der Waals surface area contributed by atoms with Crippen molar-refractivity contribution in [2.24, 2.45) is 40.6 Å². The SMILES string of the molecule is CCOC(=O)c1ccc(-c2ccc(/C=N/N3C(=O)C4C5C=CC(C6CC56)C4C3=O)o2)cc1. The summed E-state index contributed by atoms with van der Waals surface area (Å²) in [4.78, 5) is 37.7. The molecular weight excluding hydrogens is 408 g/mol. The van der Waals surface area contributed by atoms with E-state index in [1.165, 1.54) is 6.21 Å². The standard InChI is InChI=1S/C25H22N2O5/c1-2-31-25(30)14-5-3-13(4-6-14)20-10-7-15(32-20)12-26-27-23(28)21-16-8-9-17(19-11-18(16)19)22(21)24(27)29/h3-10,12,16-19,21-22H,2,11H2,1H3/b26-12+. The van der Waals surface area contributed by atoms with Crippen LogP contribution >= 0.6 is 0 Å². The summed E-state index contributed by atoms with van der Waals surface area (Å²) in [7, 11) is 0. The number of allylic oxidation sites excluding steroid dienone is 2. The highest BCUT2D eigenvalue weighted by atomic mass is 16.5. The van der Waals surface area contributed by atoms with Crippen molar-refractivity contribution in [1.82, 2.24) is 5.01 Å². The number of esters is 1. The van der Waals surface area contributed by atoms with E-state index in [0.717, 1.165) is 17.0 Å². The highest BCUT2D eigenvalue weighted by molar-refractivity contribution is 6.06. The molecule has 7 heteroatoms. The number of hydrogen-bond acceptors (Lipinski definition) is 6. The van der Waals surface area contributed by atoms with Crippen molar-refractivity contribution in [2.75, 3.05) is 6.61 Å². The number of amides is 2. The van der Waals surface area contributed by atoms with Gasteiger partial charge in [0, 0.05) is 5.56 Å². The monoisotopic (exact) mass is 430 g/mol. The quantitative estimate of drug-likeness (QED) is 0.313. The molecule has 2 amide bonds. The van der Waals surface area contributed by atoms with E-state index in [4.69, 9.17) is 9.15 Å². The molecule has 4 aliphatic carbocycles. The molecule has 2 bridgehead atoms. The molecule has 2 heterocycles. The summed E-state index contributed by atoms with van der Waals surface area (Å²) in [5.74, 6) is 1.25. The largest absolute Gasteiger partial charge is 0.462 e. The molecule has 7 nitrogen and oxygen atoms in total. The first-order valence-electron chi connectivity index (χ1n) is 11.0. The van der Waals surface area contributed by atoms with E-state index in [0.29, 0.717) is 35.5 Å². The molecule has 1 saturated heterocycles. The number of carbonyl (C=O) groups excluding carboxylic acids is 3. The van der Waals surface area contributed by atoms with Gasteiger partial charge in [0.15, 0.2) is 0 Å². The Labute approximate surface area is 184 Å². The van der Waals surface area contributed by atoms with Crippen molar-refractivity contribution >= 4 is 24.0 Å². The van der Waals surface area contributed by atoms with Gasteiger partial charge in [-0.2, -0.15) is 10.1 Å². The molecule has 5 aliphatic rings. The van der Waals surface area contributed by atoms with Gasteiger partial charge < -0.3 is 9.15 Å². The Kier molecular flexibility index (Phi) is 4.22. The maximum Gasteiger partial charge on any atom is 0.338 e. The Hall–Kier alpha value is -3.48. The van der Waals surface area contributed by atoms with Gasteiger partial charge in [0.2, 0.25) is 0 Å². The Morgan fingerprint density at radius 2 is 1.72 bits per heavy atom. The predicted octanol–water partition coefficient (Wildman–Crippen LogP) is 3.51. The van der Waals surface area contributed by atoms with Crippen molar-refractivity contribution in [3.8, 4) is 11.3 Å². The van der Waals surface area contributed by atoms with Crippen LogP contribution in [0.25, 0.3) is 11.3 Å². The lowest BCUT2D eigenvalue weighted by Gasteiger charge is -2.37. The van der Waals surface area contributed by atoms with E-state index in [1.807, 2.05) is 0 Å². The number of hydrazone groups is 1. The lowest BCUT2D eigenvalue weighted by Crippen LogP contribution is -2.40. The molecule has 0 radical (unpaired) electrons. The van der Waals surface area contributed by atoms with Gasteiger partial charge in [-0.1, -0.05) is 24.3 Å². The molecule has 162 valence electrons. The molecule has 2 saturated carbocycles. The van der Waals surface area contributed by atoms with Gasteiger partial charge in [0.05, 0.1) is 30.2 Å². The van der Waals surface area contributed by atoms with Crippen LogP contribution in [0.5, 0.6) is 0 Å². The minimum Gasteiger partial charge on any atom is -0.462 e. The number of nitrogens with zero attached hydrogens (tertiary/aromatic N) is 2. The van der Waals surface area contributed by atoms with Gasteiger partial charge in [0.25, 0.3) is 11.8 Å². The van der Waals surface area contributed by atoms with Crippen LogP contribution in [0.3, 0.4) is 0 Å². The number of ether oxygens (including phenoxy) is 1. The second kappa shape index (κ2) is 7.02. The number of carbonyl (C=O) groups is 3.